The Hall–Kier alpha value is -2.77. The molecule has 2 aromatic rings. The van der Waals surface area contributed by atoms with Crippen molar-refractivity contribution in [3.05, 3.63) is 47.5 Å². The summed E-state index contributed by atoms with van der Waals surface area (Å²) in [5.41, 5.74) is 0.919. The van der Waals surface area contributed by atoms with Crippen LogP contribution in [0.4, 0.5) is 4.39 Å². The number of aliphatic carboxylic acids is 1. The Morgan fingerprint density at radius 1 is 1.25 bits per heavy atom. The molecule has 0 bridgehead atoms. The zero-order valence-corrected chi connectivity index (χ0v) is 13.1. The smallest absolute Gasteiger partial charge is 0.303 e. The van der Waals surface area contributed by atoms with Gasteiger partial charge < -0.3 is 10.4 Å². The summed E-state index contributed by atoms with van der Waals surface area (Å²) in [4.78, 5) is 22.3. The van der Waals surface area contributed by atoms with Crippen LogP contribution in [0, 0.1) is 5.82 Å². The Balaban J connectivity index is 1.75. The van der Waals surface area contributed by atoms with E-state index in [-0.39, 0.29) is 23.8 Å². The van der Waals surface area contributed by atoms with Gasteiger partial charge in [0.2, 0.25) is 0 Å². The first kappa shape index (κ1) is 17.6. The van der Waals surface area contributed by atoms with E-state index < -0.39 is 5.97 Å². The number of halogens is 1. The molecule has 1 amide bonds. The number of benzene rings is 1. The van der Waals surface area contributed by atoms with Crippen molar-refractivity contribution in [1.29, 1.82) is 0 Å². The Kier molecular flexibility index (Phi) is 6.41. The van der Waals surface area contributed by atoms with E-state index in [9.17, 15) is 14.0 Å². The molecule has 7 nitrogen and oxygen atoms in total. The predicted molar refractivity (Wildman–Crippen MR) is 84.0 cm³/mol. The lowest BCUT2D eigenvalue weighted by Gasteiger charge is -2.02. The van der Waals surface area contributed by atoms with Gasteiger partial charge in [-0.25, -0.2) is 9.07 Å². The third-order valence-corrected chi connectivity index (χ3v) is 3.36. The molecule has 0 saturated heterocycles. The molecule has 0 saturated carbocycles. The van der Waals surface area contributed by atoms with Crippen molar-refractivity contribution in [2.45, 2.75) is 32.2 Å². The molecular formula is C16H19FN4O3. The Morgan fingerprint density at radius 3 is 2.83 bits per heavy atom. The van der Waals surface area contributed by atoms with Gasteiger partial charge in [-0.15, -0.1) is 5.10 Å². The van der Waals surface area contributed by atoms with Gasteiger partial charge in [-0.05, 0) is 30.5 Å². The van der Waals surface area contributed by atoms with Crippen molar-refractivity contribution in [3.63, 3.8) is 0 Å². The molecule has 0 aliphatic carbocycles. The van der Waals surface area contributed by atoms with Crippen LogP contribution in [0.15, 0.2) is 30.5 Å². The molecule has 0 spiro atoms. The maximum Gasteiger partial charge on any atom is 0.303 e. The summed E-state index contributed by atoms with van der Waals surface area (Å²) >= 11 is 0. The molecule has 0 aliphatic heterocycles. The summed E-state index contributed by atoms with van der Waals surface area (Å²) in [5, 5.41) is 18.9. The monoisotopic (exact) mass is 334 g/mol. The van der Waals surface area contributed by atoms with E-state index in [2.05, 4.69) is 15.6 Å². The molecule has 0 radical (unpaired) electrons. The topological polar surface area (TPSA) is 97.1 Å². The second-order valence-electron chi connectivity index (χ2n) is 5.39. The van der Waals surface area contributed by atoms with Gasteiger partial charge in [-0.1, -0.05) is 23.8 Å². The summed E-state index contributed by atoms with van der Waals surface area (Å²) in [6.45, 7) is 0.780. The first-order valence-electron chi connectivity index (χ1n) is 7.69. The van der Waals surface area contributed by atoms with Crippen molar-refractivity contribution < 1.29 is 19.1 Å². The van der Waals surface area contributed by atoms with Gasteiger partial charge >= 0.3 is 5.97 Å². The highest BCUT2D eigenvalue weighted by atomic mass is 19.1. The van der Waals surface area contributed by atoms with Crippen molar-refractivity contribution in [3.8, 4) is 0 Å². The van der Waals surface area contributed by atoms with Gasteiger partial charge in [0, 0.05) is 13.0 Å². The number of unbranched alkanes of at least 4 members (excludes halogenated alkanes) is 2. The molecule has 0 fully saturated rings. The molecule has 0 aliphatic rings. The van der Waals surface area contributed by atoms with E-state index >= 15 is 0 Å². The summed E-state index contributed by atoms with van der Waals surface area (Å²) in [6, 6.07) is 6.14. The SMILES string of the molecule is O=C(O)CCCCCNC(=O)c1cn(Cc2cccc(F)c2)nn1. The minimum atomic E-state index is -0.811. The number of rotatable bonds is 9. The second kappa shape index (κ2) is 8.76. The highest BCUT2D eigenvalue weighted by Gasteiger charge is 2.10. The third-order valence-electron chi connectivity index (χ3n) is 3.36. The lowest BCUT2D eigenvalue weighted by Crippen LogP contribution is -2.24. The van der Waals surface area contributed by atoms with Crippen molar-refractivity contribution in [2.24, 2.45) is 0 Å². The third kappa shape index (κ3) is 5.79. The molecule has 8 heteroatoms. The molecule has 1 aromatic heterocycles. The van der Waals surface area contributed by atoms with Crippen LogP contribution >= 0.6 is 0 Å². The van der Waals surface area contributed by atoms with E-state index in [0.717, 1.165) is 12.0 Å². The van der Waals surface area contributed by atoms with E-state index in [1.807, 2.05) is 0 Å². The van der Waals surface area contributed by atoms with Crippen LogP contribution in [-0.2, 0) is 11.3 Å². The molecule has 0 unspecified atom stereocenters. The molecule has 1 heterocycles. The average Bonchev–Trinajstić information content (AvgIpc) is 2.99. The Labute approximate surface area is 138 Å². The molecule has 1 aromatic carbocycles. The summed E-state index contributed by atoms with van der Waals surface area (Å²) in [7, 11) is 0. The minimum Gasteiger partial charge on any atom is -0.481 e. The normalized spacial score (nSPS) is 10.5. The van der Waals surface area contributed by atoms with Crippen molar-refractivity contribution in [2.75, 3.05) is 6.54 Å². The highest BCUT2D eigenvalue weighted by Crippen LogP contribution is 2.06. The molecule has 2 N–H and O–H groups in total. The predicted octanol–water partition coefficient (Wildman–Crippen LogP) is 1.84. The fraction of sp³-hybridized carbons (Fsp3) is 0.375. The number of nitrogens with zero attached hydrogens (tertiary/aromatic N) is 3. The maximum atomic E-state index is 13.1. The summed E-state index contributed by atoms with van der Waals surface area (Å²) in [5.74, 6) is -1.47. The summed E-state index contributed by atoms with van der Waals surface area (Å²) in [6.07, 6.45) is 3.68. The Morgan fingerprint density at radius 2 is 2.08 bits per heavy atom. The van der Waals surface area contributed by atoms with Gasteiger partial charge in [0.25, 0.3) is 5.91 Å². The number of nitrogens with one attached hydrogen (secondary N) is 1. The van der Waals surface area contributed by atoms with E-state index in [0.29, 0.717) is 25.9 Å². The van der Waals surface area contributed by atoms with E-state index in [4.69, 9.17) is 5.11 Å². The van der Waals surface area contributed by atoms with Gasteiger partial charge in [0.15, 0.2) is 5.69 Å². The van der Waals surface area contributed by atoms with Gasteiger partial charge in [0.1, 0.15) is 5.82 Å². The van der Waals surface area contributed by atoms with Crippen molar-refractivity contribution >= 4 is 11.9 Å². The Bertz CT molecular complexity index is 702. The molecule has 0 atom stereocenters. The first-order valence-corrected chi connectivity index (χ1v) is 7.69. The second-order valence-corrected chi connectivity index (χ2v) is 5.39. The standard InChI is InChI=1S/C16H19FN4O3/c17-13-6-4-5-12(9-13)10-21-11-14(19-20-21)16(24)18-8-3-1-2-7-15(22)23/h4-6,9,11H,1-3,7-8,10H2,(H,18,24)(H,22,23). The molecule has 128 valence electrons. The van der Waals surface area contributed by atoms with Gasteiger partial charge in [-0.3, -0.25) is 9.59 Å². The largest absolute Gasteiger partial charge is 0.481 e. The van der Waals surface area contributed by atoms with Crippen LogP contribution in [0.3, 0.4) is 0 Å². The average molecular weight is 334 g/mol. The van der Waals surface area contributed by atoms with Crippen LogP contribution in [0.5, 0.6) is 0 Å². The first-order chi connectivity index (χ1) is 11.5. The van der Waals surface area contributed by atoms with Crippen LogP contribution in [0.2, 0.25) is 0 Å². The lowest BCUT2D eigenvalue weighted by molar-refractivity contribution is -0.137. The number of carbonyl (C=O) groups is 2. The molecule has 2 rings (SSSR count). The number of carboxylic acids is 1. The number of carbonyl (C=O) groups excluding carboxylic acids is 1. The van der Waals surface area contributed by atoms with Crippen LogP contribution in [0.1, 0.15) is 41.7 Å². The highest BCUT2D eigenvalue weighted by molar-refractivity contribution is 5.91. The van der Waals surface area contributed by atoms with E-state index in [1.165, 1.54) is 23.0 Å². The zero-order valence-electron chi connectivity index (χ0n) is 13.1. The number of aromatic nitrogens is 3. The summed E-state index contributed by atoms with van der Waals surface area (Å²) < 4.78 is 14.6. The maximum absolute atomic E-state index is 13.1. The quantitative estimate of drug-likeness (QED) is 0.682. The number of hydrogen-bond donors (Lipinski definition) is 2. The zero-order chi connectivity index (χ0) is 17.4. The fourth-order valence-electron chi connectivity index (χ4n) is 2.17. The number of amides is 1. The molecule has 24 heavy (non-hydrogen) atoms. The number of hydrogen-bond acceptors (Lipinski definition) is 4. The fourth-order valence-corrected chi connectivity index (χ4v) is 2.17. The van der Waals surface area contributed by atoms with Crippen LogP contribution in [0.25, 0.3) is 0 Å². The van der Waals surface area contributed by atoms with E-state index in [1.54, 1.807) is 12.1 Å². The van der Waals surface area contributed by atoms with Gasteiger partial charge in [0.05, 0.1) is 12.7 Å². The molecular weight excluding hydrogens is 315 g/mol. The minimum absolute atomic E-state index is 0.141. The van der Waals surface area contributed by atoms with Crippen molar-refractivity contribution in [1.82, 2.24) is 20.3 Å². The van der Waals surface area contributed by atoms with Gasteiger partial charge in [-0.2, -0.15) is 0 Å². The lowest BCUT2D eigenvalue weighted by atomic mass is 10.2. The number of carboxylic acid groups (broad SMARTS) is 1. The van der Waals surface area contributed by atoms with Crippen LogP contribution < -0.4 is 5.32 Å². The van der Waals surface area contributed by atoms with Crippen LogP contribution in [-0.4, -0.2) is 38.5 Å².